The van der Waals surface area contributed by atoms with Crippen molar-refractivity contribution in [1.82, 2.24) is 10.2 Å². The topological polar surface area (TPSA) is 55.7 Å². The van der Waals surface area contributed by atoms with Gasteiger partial charge in [-0.2, -0.15) is 0 Å². The van der Waals surface area contributed by atoms with E-state index in [9.17, 15) is 0 Å². The normalized spacial score (nSPS) is 21.0. The Hall–Kier alpha value is -0.160. The minimum atomic E-state index is -0.129. The minimum absolute atomic E-state index is 0.129. The van der Waals surface area contributed by atoms with Gasteiger partial charge in [-0.15, -0.1) is 0 Å². The maximum atomic E-state index is 8.86. The van der Waals surface area contributed by atoms with Crippen LogP contribution in [0.5, 0.6) is 0 Å². The van der Waals surface area contributed by atoms with E-state index in [0.717, 1.165) is 19.8 Å². The molecule has 0 spiro atoms. The summed E-state index contributed by atoms with van der Waals surface area (Å²) in [6, 6.07) is 0. The van der Waals surface area contributed by atoms with E-state index in [2.05, 4.69) is 10.2 Å². The molecule has 0 bridgehead atoms. The summed E-state index contributed by atoms with van der Waals surface area (Å²) in [6.07, 6.45) is -0.129. The highest BCUT2D eigenvalue weighted by molar-refractivity contribution is 4.77. The van der Waals surface area contributed by atoms with Gasteiger partial charge in [-0.1, -0.05) is 0 Å². The van der Waals surface area contributed by atoms with Gasteiger partial charge in [0.2, 0.25) is 0 Å². The zero-order valence-electron chi connectivity index (χ0n) is 5.95. The molecule has 4 heteroatoms. The first-order valence-electron chi connectivity index (χ1n) is 3.55. The van der Waals surface area contributed by atoms with Gasteiger partial charge >= 0.3 is 0 Å². The Labute approximate surface area is 60.5 Å². The molecule has 0 unspecified atom stereocenters. The van der Waals surface area contributed by atoms with Crippen LogP contribution in [0.3, 0.4) is 0 Å². The van der Waals surface area contributed by atoms with Gasteiger partial charge in [0.15, 0.2) is 0 Å². The molecule has 1 saturated heterocycles. The smallest absolute Gasteiger partial charge is 0.0794 e. The Balaban J connectivity index is 1.86. The van der Waals surface area contributed by atoms with Crippen LogP contribution in [0.4, 0.5) is 0 Å². The Morgan fingerprint density at radius 1 is 1.50 bits per heavy atom. The number of β-amino-alcohol motifs (C(OH)–C–C–N with tert-alkyl or cyclic N) is 1. The van der Waals surface area contributed by atoms with Gasteiger partial charge in [0.05, 0.1) is 12.7 Å². The van der Waals surface area contributed by atoms with Gasteiger partial charge in [-0.05, 0) is 0 Å². The molecule has 0 radical (unpaired) electrons. The summed E-state index contributed by atoms with van der Waals surface area (Å²) in [5.41, 5.74) is 0. The standard InChI is InChI=1S/C6H14N2O2/c9-2-1-7-5-8-3-6(10)4-8/h6-7,9-10H,1-5H2. The number of likely N-dealkylation sites (tertiary alicyclic amines) is 1. The SMILES string of the molecule is OCCNCN1CC(O)C1. The van der Waals surface area contributed by atoms with Crippen LogP contribution in [0, 0.1) is 0 Å². The van der Waals surface area contributed by atoms with Gasteiger partial charge in [0, 0.05) is 26.3 Å². The zero-order valence-corrected chi connectivity index (χ0v) is 5.95. The molecule has 60 valence electrons. The third-order valence-corrected chi connectivity index (χ3v) is 1.56. The van der Waals surface area contributed by atoms with Crippen molar-refractivity contribution < 1.29 is 10.2 Å². The third-order valence-electron chi connectivity index (χ3n) is 1.56. The summed E-state index contributed by atoms with van der Waals surface area (Å²) < 4.78 is 0. The molecular formula is C6H14N2O2. The van der Waals surface area contributed by atoms with Crippen molar-refractivity contribution in [3.63, 3.8) is 0 Å². The fourth-order valence-corrected chi connectivity index (χ4v) is 0.988. The van der Waals surface area contributed by atoms with Crippen LogP contribution in [0.2, 0.25) is 0 Å². The molecule has 1 aliphatic heterocycles. The van der Waals surface area contributed by atoms with E-state index in [1.54, 1.807) is 0 Å². The molecule has 0 atom stereocenters. The molecule has 10 heavy (non-hydrogen) atoms. The molecule has 1 fully saturated rings. The van der Waals surface area contributed by atoms with Crippen LogP contribution >= 0.6 is 0 Å². The third kappa shape index (κ3) is 2.22. The Morgan fingerprint density at radius 2 is 2.20 bits per heavy atom. The summed E-state index contributed by atoms with van der Waals surface area (Å²) in [6.45, 7) is 3.11. The average molecular weight is 146 g/mol. The van der Waals surface area contributed by atoms with Crippen LogP contribution in [0.1, 0.15) is 0 Å². The molecule has 0 amide bonds. The Morgan fingerprint density at radius 3 is 2.70 bits per heavy atom. The minimum Gasteiger partial charge on any atom is -0.395 e. The lowest BCUT2D eigenvalue weighted by Gasteiger charge is -2.35. The van der Waals surface area contributed by atoms with E-state index in [1.807, 2.05) is 0 Å². The average Bonchev–Trinajstić information content (AvgIpc) is 1.85. The van der Waals surface area contributed by atoms with Crippen molar-refractivity contribution >= 4 is 0 Å². The molecule has 0 aromatic heterocycles. The molecule has 0 aliphatic carbocycles. The molecule has 1 heterocycles. The first-order chi connectivity index (χ1) is 4.83. The van der Waals surface area contributed by atoms with Crippen LogP contribution in [-0.4, -0.2) is 54.1 Å². The van der Waals surface area contributed by atoms with E-state index in [4.69, 9.17) is 10.2 Å². The van der Waals surface area contributed by atoms with Crippen molar-refractivity contribution in [3.8, 4) is 0 Å². The van der Waals surface area contributed by atoms with E-state index in [-0.39, 0.29) is 12.7 Å². The summed E-state index contributed by atoms with van der Waals surface area (Å²) in [5, 5.41) is 20.3. The lowest BCUT2D eigenvalue weighted by Crippen LogP contribution is -2.54. The first-order valence-corrected chi connectivity index (χ1v) is 3.55. The maximum Gasteiger partial charge on any atom is 0.0794 e. The molecule has 4 nitrogen and oxygen atoms in total. The van der Waals surface area contributed by atoms with Crippen molar-refractivity contribution in [1.29, 1.82) is 0 Å². The Kier molecular flexibility index (Phi) is 3.08. The number of hydrogen-bond donors (Lipinski definition) is 3. The van der Waals surface area contributed by atoms with Gasteiger partial charge in [-0.25, -0.2) is 0 Å². The van der Waals surface area contributed by atoms with Crippen LogP contribution < -0.4 is 5.32 Å². The predicted molar refractivity (Wildman–Crippen MR) is 37.5 cm³/mol. The second-order valence-corrected chi connectivity index (χ2v) is 2.57. The second-order valence-electron chi connectivity index (χ2n) is 2.57. The predicted octanol–water partition coefficient (Wildman–Crippen LogP) is -1.80. The van der Waals surface area contributed by atoms with E-state index >= 15 is 0 Å². The molecule has 0 saturated carbocycles. The first kappa shape index (κ1) is 7.94. The fraction of sp³-hybridized carbons (Fsp3) is 1.00. The highest BCUT2D eigenvalue weighted by Gasteiger charge is 2.22. The number of nitrogens with one attached hydrogen (secondary N) is 1. The monoisotopic (exact) mass is 146 g/mol. The lowest BCUT2D eigenvalue weighted by atomic mass is 10.2. The molecule has 0 aromatic carbocycles. The van der Waals surface area contributed by atoms with Crippen molar-refractivity contribution in [2.75, 3.05) is 32.9 Å². The summed E-state index contributed by atoms with van der Waals surface area (Å²) >= 11 is 0. The number of aliphatic hydroxyl groups is 2. The highest BCUT2D eigenvalue weighted by Crippen LogP contribution is 2.03. The van der Waals surface area contributed by atoms with Gasteiger partial charge in [0.25, 0.3) is 0 Å². The summed E-state index contributed by atoms with van der Waals surface area (Å²) in [5.74, 6) is 0. The molecular weight excluding hydrogens is 132 g/mol. The number of aliphatic hydroxyl groups excluding tert-OH is 2. The quantitative estimate of drug-likeness (QED) is 0.410. The summed E-state index contributed by atoms with van der Waals surface area (Å²) in [7, 11) is 0. The number of rotatable bonds is 4. The molecule has 1 aliphatic rings. The zero-order chi connectivity index (χ0) is 7.40. The number of nitrogens with zero attached hydrogens (tertiary/aromatic N) is 1. The molecule has 3 N–H and O–H groups in total. The largest absolute Gasteiger partial charge is 0.395 e. The van der Waals surface area contributed by atoms with Crippen LogP contribution in [0.25, 0.3) is 0 Å². The van der Waals surface area contributed by atoms with E-state index in [0.29, 0.717) is 6.54 Å². The maximum absolute atomic E-state index is 8.86. The Bertz CT molecular complexity index is 93.7. The van der Waals surface area contributed by atoms with Gasteiger partial charge in [-0.3, -0.25) is 4.90 Å². The number of hydrogen-bond acceptors (Lipinski definition) is 4. The summed E-state index contributed by atoms with van der Waals surface area (Å²) in [4.78, 5) is 2.08. The van der Waals surface area contributed by atoms with Crippen molar-refractivity contribution in [2.45, 2.75) is 6.10 Å². The van der Waals surface area contributed by atoms with Crippen molar-refractivity contribution in [3.05, 3.63) is 0 Å². The van der Waals surface area contributed by atoms with Crippen LogP contribution in [0.15, 0.2) is 0 Å². The van der Waals surface area contributed by atoms with Gasteiger partial charge < -0.3 is 15.5 Å². The second kappa shape index (κ2) is 3.88. The molecule has 0 aromatic rings. The van der Waals surface area contributed by atoms with E-state index in [1.165, 1.54) is 0 Å². The fourth-order valence-electron chi connectivity index (χ4n) is 0.988. The van der Waals surface area contributed by atoms with Gasteiger partial charge in [0.1, 0.15) is 0 Å². The van der Waals surface area contributed by atoms with E-state index < -0.39 is 0 Å². The van der Waals surface area contributed by atoms with Crippen molar-refractivity contribution in [2.24, 2.45) is 0 Å². The molecule has 1 rings (SSSR count). The lowest BCUT2D eigenvalue weighted by molar-refractivity contribution is -0.00278. The highest BCUT2D eigenvalue weighted by atomic mass is 16.3. The van der Waals surface area contributed by atoms with Crippen LogP contribution in [-0.2, 0) is 0 Å².